The van der Waals surface area contributed by atoms with Crippen LogP contribution in [0.2, 0.25) is 5.15 Å². The number of rotatable bonds is 4. The molecule has 1 aliphatic rings. The van der Waals surface area contributed by atoms with E-state index in [4.69, 9.17) is 11.6 Å². The molecule has 0 aromatic carbocycles. The molecule has 0 spiro atoms. The van der Waals surface area contributed by atoms with Crippen molar-refractivity contribution in [3.8, 4) is 0 Å². The van der Waals surface area contributed by atoms with E-state index >= 15 is 0 Å². The van der Waals surface area contributed by atoms with Gasteiger partial charge < -0.3 is 5.32 Å². The van der Waals surface area contributed by atoms with E-state index in [1.165, 1.54) is 19.2 Å². The Hall–Kier alpha value is -1.36. The van der Waals surface area contributed by atoms with Crippen molar-refractivity contribution in [2.45, 2.75) is 19.8 Å². The van der Waals surface area contributed by atoms with Gasteiger partial charge in [0.05, 0.1) is 0 Å². The Kier molecular flexibility index (Phi) is 2.63. The summed E-state index contributed by atoms with van der Waals surface area (Å²) in [6.07, 6.45) is 4.20. The molecule has 1 fully saturated rings. The highest BCUT2D eigenvalue weighted by molar-refractivity contribution is 6.29. The topological polar surface area (TPSA) is 55.1 Å². The van der Waals surface area contributed by atoms with E-state index in [0.717, 1.165) is 18.3 Å². The summed E-state index contributed by atoms with van der Waals surface area (Å²) in [7, 11) is 0. The van der Waals surface area contributed by atoms with E-state index in [9.17, 15) is 0 Å². The SMILES string of the molecule is CC(CNc1cc(Cl)nc2ncnn12)C1CC1. The number of hydrogen-bond acceptors (Lipinski definition) is 4. The third-order valence-electron chi connectivity index (χ3n) is 3.25. The maximum absolute atomic E-state index is 5.94. The van der Waals surface area contributed by atoms with Gasteiger partial charge in [0, 0.05) is 12.6 Å². The summed E-state index contributed by atoms with van der Waals surface area (Å²) >= 11 is 5.94. The highest BCUT2D eigenvalue weighted by Gasteiger charge is 2.27. The largest absolute Gasteiger partial charge is 0.370 e. The molecule has 1 unspecified atom stereocenters. The minimum Gasteiger partial charge on any atom is -0.370 e. The van der Waals surface area contributed by atoms with Crippen molar-refractivity contribution in [1.82, 2.24) is 19.6 Å². The first kappa shape index (κ1) is 10.8. The smallest absolute Gasteiger partial charge is 0.255 e. The summed E-state index contributed by atoms with van der Waals surface area (Å²) in [5.74, 6) is 2.94. The average Bonchev–Trinajstić information content (AvgIpc) is 3.05. The van der Waals surface area contributed by atoms with Gasteiger partial charge in [-0.3, -0.25) is 0 Å². The Labute approximate surface area is 104 Å². The number of nitrogens with zero attached hydrogens (tertiary/aromatic N) is 4. The van der Waals surface area contributed by atoms with Gasteiger partial charge in [0.1, 0.15) is 17.3 Å². The van der Waals surface area contributed by atoms with Gasteiger partial charge in [0.25, 0.3) is 5.78 Å². The first-order valence-electron chi connectivity index (χ1n) is 5.84. The molecule has 5 nitrogen and oxygen atoms in total. The zero-order chi connectivity index (χ0) is 11.8. The van der Waals surface area contributed by atoms with Crippen molar-refractivity contribution < 1.29 is 0 Å². The Balaban J connectivity index is 1.80. The summed E-state index contributed by atoms with van der Waals surface area (Å²) in [5.41, 5.74) is 0. The molecule has 2 aromatic rings. The Morgan fingerprint density at radius 2 is 2.41 bits per heavy atom. The second-order valence-corrected chi connectivity index (χ2v) is 5.02. The fourth-order valence-corrected chi connectivity index (χ4v) is 2.19. The van der Waals surface area contributed by atoms with Gasteiger partial charge >= 0.3 is 0 Å². The predicted molar refractivity (Wildman–Crippen MR) is 66.2 cm³/mol. The molecule has 1 N–H and O–H groups in total. The van der Waals surface area contributed by atoms with Crippen molar-refractivity contribution in [3.63, 3.8) is 0 Å². The Morgan fingerprint density at radius 3 is 3.18 bits per heavy atom. The molecular formula is C11H14ClN5. The van der Waals surface area contributed by atoms with Crippen LogP contribution >= 0.6 is 11.6 Å². The minimum atomic E-state index is 0.437. The second kappa shape index (κ2) is 4.14. The lowest BCUT2D eigenvalue weighted by atomic mass is 10.1. The van der Waals surface area contributed by atoms with Crippen molar-refractivity contribution >= 4 is 23.2 Å². The van der Waals surface area contributed by atoms with Crippen molar-refractivity contribution in [2.24, 2.45) is 11.8 Å². The molecule has 6 heteroatoms. The molecule has 0 radical (unpaired) electrons. The fourth-order valence-electron chi connectivity index (χ4n) is 2.01. The van der Waals surface area contributed by atoms with Crippen LogP contribution in [0.5, 0.6) is 0 Å². The minimum absolute atomic E-state index is 0.437. The summed E-state index contributed by atoms with van der Waals surface area (Å²) in [6.45, 7) is 3.20. The van der Waals surface area contributed by atoms with Crippen molar-refractivity contribution in [1.29, 1.82) is 0 Å². The van der Waals surface area contributed by atoms with Crippen LogP contribution in [0.15, 0.2) is 12.4 Å². The van der Waals surface area contributed by atoms with E-state index in [1.807, 2.05) is 0 Å². The monoisotopic (exact) mass is 251 g/mol. The Bertz CT molecular complexity index is 534. The van der Waals surface area contributed by atoms with Gasteiger partial charge in [0.15, 0.2) is 0 Å². The molecule has 0 amide bonds. The van der Waals surface area contributed by atoms with Gasteiger partial charge in [-0.25, -0.2) is 0 Å². The maximum atomic E-state index is 5.94. The van der Waals surface area contributed by atoms with E-state index in [2.05, 4.69) is 27.3 Å². The first-order valence-corrected chi connectivity index (χ1v) is 6.22. The lowest BCUT2D eigenvalue weighted by Gasteiger charge is -2.13. The number of anilines is 1. The Morgan fingerprint density at radius 1 is 1.59 bits per heavy atom. The van der Waals surface area contributed by atoms with E-state index in [-0.39, 0.29) is 0 Å². The molecule has 1 saturated carbocycles. The standard InChI is InChI=1S/C11H14ClN5/c1-7(8-2-3-8)5-13-10-4-9(12)16-11-14-6-15-17(10)11/h4,6-8,13H,2-3,5H2,1H3. The average molecular weight is 252 g/mol. The van der Waals surface area contributed by atoms with Gasteiger partial charge in [0.2, 0.25) is 0 Å². The number of aromatic nitrogens is 4. The van der Waals surface area contributed by atoms with Crippen LogP contribution in [0.3, 0.4) is 0 Å². The van der Waals surface area contributed by atoms with Crippen LogP contribution in [0, 0.1) is 11.8 Å². The van der Waals surface area contributed by atoms with Gasteiger partial charge in [-0.1, -0.05) is 18.5 Å². The molecule has 1 aliphatic carbocycles. The van der Waals surface area contributed by atoms with Crippen LogP contribution in [0.1, 0.15) is 19.8 Å². The quantitative estimate of drug-likeness (QED) is 0.847. The van der Waals surface area contributed by atoms with Crippen LogP contribution in [-0.4, -0.2) is 26.1 Å². The van der Waals surface area contributed by atoms with Crippen LogP contribution in [0.25, 0.3) is 5.78 Å². The van der Waals surface area contributed by atoms with Gasteiger partial charge in [-0.2, -0.15) is 19.6 Å². The molecular weight excluding hydrogens is 238 g/mol. The number of hydrogen-bond donors (Lipinski definition) is 1. The zero-order valence-electron chi connectivity index (χ0n) is 9.60. The lowest BCUT2D eigenvalue weighted by molar-refractivity contribution is 0.535. The lowest BCUT2D eigenvalue weighted by Crippen LogP contribution is -2.15. The molecule has 0 aliphatic heterocycles. The van der Waals surface area contributed by atoms with Crippen LogP contribution in [-0.2, 0) is 0 Å². The fraction of sp³-hybridized carbons (Fsp3) is 0.545. The van der Waals surface area contributed by atoms with E-state index < -0.39 is 0 Å². The number of nitrogens with one attached hydrogen (secondary N) is 1. The molecule has 3 rings (SSSR count). The molecule has 1 atom stereocenters. The van der Waals surface area contributed by atoms with Crippen LogP contribution in [0.4, 0.5) is 5.82 Å². The molecule has 0 bridgehead atoms. The summed E-state index contributed by atoms with van der Waals surface area (Å²) in [6, 6.07) is 1.78. The third-order valence-corrected chi connectivity index (χ3v) is 3.45. The summed E-state index contributed by atoms with van der Waals surface area (Å²) in [4.78, 5) is 8.12. The van der Waals surface area contributed by atoms with Gasteiger partial charge in [-0.05, 0) is 24.7 Å². The first-order chi connectivity index (χ1) is 8.24. The highest BCUT2D eigenvalue weighted by Crippen LogP contribution is 2.36. The molecule has 2 heterocycles. The zero-order valence-corrected chi connectivity index (χ0v) is 10.4. The normalized spacial score (nSPS) is 17.3. The second-order valence-electron chi connectivity index (χ2n) is 4.63. The van der Waals surface area contributed by atoms with E-state index in [0.29, 0.717) is 16.8 Å². The molecule has 0 saturated heterocycles. The predicted octanol–water partition coefficient (Wildman–Crippen LogP) is 2.24. The molecule has 17 heavy (non-hydrogen) atoms. The third kappa shape index (κ3) is 2.20. The van der Waals surface area contributed by atoms with E-state index in [1.54, 1.807) is 10.6 Å². The number of fused-ring (bicyclic) bond motifs is 1. The van der Waals surface area contributed by atoms with Crippen molar-refractivity contribution in [2.75, 3.05) is 11.9 Å². The molecule has 90 valence electrons. The van der Waals surface area contributed by atoms with Crippen molar-refractivity contribution in [3.05, 3.63) is 17.5 Å². The highest BCUT2D eigenvalue weighted by atomic mass is 35.5. The van der Waals surface area contributed by atoms with Crippen LogP contribution < -0.4 is 5.32 Å². The summed E-state index contributed by atoms with van der Waals surface area (Å²) < 4.78 is 1.67. The number of halogens is 1. The molecule has 2 aromatic heterocycles. The van der Waals surface area contributed by atoms with Gasteiger partial charge in [-0.15, -0.1) is 0 Å². The maximum Gasteiger partial charge on any atom is 0.255 e. The summed E-state index contributed by atoms with van der Waals surface area (Å²) in [5, 5.41) is 7.93.